The number of ether oxygens (including phenoxy) is 1. The molecule has 2 saturated carbocycles. The lowest BCUT2D eigenvalue weighted by Crippen LogP contribution is -2.49. The van der Waals surface area contributed by atoms with Gasteiger partial charge in [0.1, 0.15) is 0 Å². The maximum atomic E-state index is 12.1. The highest BCUT2D eigenvalue weighted by atomic mass is 16.6. The maximum Gasteiger partial charge on any atom is 0.252 e. The Labute approximate surface area is 110 Å². The lowest BCUT2D eigenvalue weighted by Gasteiger charge is -2.40. The molecule has 0 aromatic rings. The minimum Gasteiger partial charge on any atom is -0.359 e. The molecule has 18 heavy (non-hydrogen) atoms. The molecule has 0 aromatic carbocycles. The third kappa shape index (κ3) is 2.56. The fraction of sp³-hybridized carbons (Fsp3) is 0.933. The first-order valence-corrected chi connectivity index (χ1v) is 7.71. The average Bonchev–Trinajstić information content (AvgIpc) is 3.04. The molecular formula is C15H25NO2. The van der Waals surface area contributed by atoms with Gasteiger partial charge < -0.3 is 10.1 Å². The van der Waals surface area contributed by atoms with Crippen LogP contribution in [-0.4, -0.2) is 24.2 Å². The largest absolute Gasteiger partial charge is 0.359 e. The summed E-state index contributed by atoms with van der Waals surface area (Å²) in [6, 6.07) is 0.433. The molecule has 0 bridgehead atoms. The van der Waals surface area contributed by atoms with Crippen molar-refractivity contribution in [1.82, 2.24) is 5.32 Å². The number of epoxide rings is 1. The van der Waals surface area contributed by atoms with E-state index in [2.05, 4.69) is 5.32 Å². The highest BCUT2D eigenvalue weighted by Gasteiger charge is 2.44. The van der Waals surface area contributed by atoms with Gasteiger partial charge in [-0.15, -0.1) is 0 Å². The third-order valence-electron chi connectivity index (χ3n) is 5.09. The van der Waals surface area contributed by atoms with E-state index in [-0.39, 0.29) is 18.1 Å². The Bertz CT molecular complexity index is 308. The van der Waals surface area contributed by atoms with Gasteiger partial charge in [0.15, 0.2) is 6.10 Å². The number of rotatable bonds is 4. The quantitative estimate of drug-likeness (QED) is 0.780. The first kappa shape index (κ1) is 12.5. The molecule has 1 amide bonds. The molecule has 0 radical (unpaired) electrons. The van der Waals surface area contributed by atoms with Crippen LogP contribution in [0.2, 0.25) is 0 Å². The molecular weight excluding hydrogens is 226 g/mol. The fourth-order valence-electron chi connectivity index (χ4n) is 3.62. The summed E-state index contributed by atoms with van der Waals surface area (Å²) < 4.78 is 5.29. The van der Waals surface area contributed by atoms with E-state index < -0.39 is 0 Å². The number of carbonyl (C=O) groups is 1. The van der Waals surface area contributed by atoms with Crippen molar-refractivity contribution in [3.63, 3.8) is 0 Å². The van der Waals surface area contributed by atoms with Crippen molar-refractivity contribution < 1.29 is 9.53 Å². The number of amides is 1. The molecule has 1 aliphatic heterocycles. The van der Waals surface area contributed by atoms with Gasteiger partial charge in [-0.05, 0) is 44.4 Å². The van der Waals surface area contributed by atoms with Gasteiger partial charge in [0, 0.05) is 6.04 Å². The van der Waals surface area contributed by atoms with Crippen LogP contribution in [0.15, 0.2) is 0 Å². The SMILES string of the molecule is C[C@@H]1O[C@H]1C(=O)NC(C1CCCCC1)C1CCC1. The zero-order valence-corrected chi connectivity index (χ0v) is 11.4. The summed E-state index contributed by atoms with van der Waals surface area (Å²) >= 11 is 0. The van der Waals surface area contributed by atoms with Crippen molar-refractivity contribution >= 4 is 5.91 Å². The molecule has 3 nitrogen and oxygen atoms in total. The van der Waals surface area contributed by atoms with Crippen LogP contribution in [0.25, 0.3) is 0 Å². The molecule has 1 N–H and O–H groups in total. The summed E-state index contributed by atoms with van der Waals surface area (Å²) in [5.74, 6) is 1.61. The van der Waals surface area contributed by atoms with Crippen LogP contribution < -0.4 is 5.32 Å². The van der Waals surface area contributed by atoms with E-state index >= 15 is 0 Å². The van der Waals surface area contributed by atoms with Crippen molar-refractivity contribution in [2.45, 2.75) is 76.5 Å². The number of nitrogens with one attached hydrogen (secondary N) is 1. The second-order valence-electron chi connectivity index (χ2n) is 6.39. The molecule has 1 unspecified atom stereocenters. The van der Waals surface area contributed by atoms with Crippen molar-refractivity contribution in [2.75, 3.05) is 0 Å². The van der Waals surface area contributed by atoms with Gasteiger partial charge >= 0.3 is 0 Å². The Hall–Kier alpha value is -0.570. The smallest absolute Gasteiger partial charge is 0.252 e. The van der Waals surface area contributed by atoms with Gasteiger partial charge in [0.05, 0.1) is 6.10 Å². The van der Waals surface area contributed by atoms with Gasteiger partial charge in [0.25, 0.3) is 5.91 Å². The van der Waals surface area contributed by atoms with E-state index in [1.165, 1.54) is 51.4 Å². The second kappa shape index (κ2) is 5.20. The Morgan fingerprint density at radius 2 is 1.61 bits per heavy atom. The maximum absolute atomic E-state index is 12.1. The van der Waals surface area contributed by atoms with Crippen molar-refractivity contribution in [3.05, 3.63) is 0 Å². The van der Waals surface area contributed by atoms with Crippen LogP contribution in [0, 0.1) is 11.8 Å². The minimum absolute atomic E-state index is 0.137. The standard InChI is InChI=1S/C15H25NO2/c1-10-14(18-10)15(17)16-13(12-8-5-9-12)11-6-3-2-4-7-11/h10-14H,2-9H2,1H3,(H,16,17)/t10-,13?,14+/m0/s1. The Morgan fingerprint density at radius 3 is 2.06 bits per heavy atom. The normalized spacial score (nSPS) is 34.7. The summed E-state index contributed by atoms with van der Waals surface area (Å²) in [7, 11) is 0. The first-order valence-electron chi connectivity index (χ1n) is 7.71. The van der Waals surface area contributed by atoms with Crippen molar-refractivity contribution in [3.8, 4) is 0 Å². The van der Waals surface area contributed by atoms with E-state index in [0.717, 1.165) is 11.8 Å². The van der Waals surface area contributed by atoms with Crippen LogP contribution in [0.3, 0.4) is 0 Å². The molecule has 3 heteroatoms. The van der Waals surface area contributed by atoms with Crippen LogP contribution >= 0.6 is 0 Å². The van der Waals surface area contributed by atoms with E-state index in [1.807, 2.05) is 6.92 Å². The van der Waals surface area contributed by atoms with Gasteiger partial charge in [-0.25, -0.2) is 0 Å². The molecule has 0 aromatic heterocycles. The topological polar surface area (TPSA) is 41.6 Å². The minimum atomic E-state index is -0.156. The Balaban J connectivity index is 1.59. The number of hydrogen-bond acceptors (Lipinski definition) is 2. The molecule has 3 rings (SSSR count). The van der Waals surface area contributed by atoms with Crippen LogP contribution in [0.4, 0.5) is 0 Å². The molecule has 1 saturated heterocycles. The summed E-state index contributed by atoms with van der Waals surface area (Å²) in [5, 5.41) is 3.32. The van der Waals surface area contributed by atoms with E-state index in [9.17, 15) is 4.79 Å². The number of carbonyl (C=O) groups excluding carboxylic acids is 1. The Morgan fingerprint density at radius 1 is 1.06 bits per heavy atom. The molecule has 3 aliphatic rings. The molecule has 0 spiro atoms. The molecule has 1 heterocycles. The van der Waals surface area contributed by atoms with E-state index in [4.69, 9.17) is 4.74 Å². The lowest BCUT2D eigenvalue weighted by molar-refractivity contribution is -0.124. The highest BCUT2D eigenvalue weighted by Crippen LogP contribution is 2.38. The zero-order chi connectivity index (χ0) is 12.5. The highest BCUT2D eigenvalue weighted by molar-refractivity contribution is 5.83. The van der Waals surface area contributed by atoms with Crippen molar-refractivity contribution in [1.29, 1.82) is 0 Å². The number of hydrogen-bond donors (Lipinski definition) is 1. The van der Waals surface area contributed by atoms with Crippen LogP contribution in [0.5, 0.6) is 0 Å². The van der Waals surface area contributed by atoms with E-state index in [0.29, 0.717) is 6.04 Å². The molecule has 2 aliphatic carbocycles. The predicted octanol–water partition coefficient (Wildman–Crippen LogP) is 2.64. The van der Waals surface area contributed by atoms with Gasteiger partial charge in [-0.2, -0.15) is 0 Å². The van der Waals surface area contributed by atoms with Gasteiger partial charge in [-0.1, -0.05) is 25.7 Å². The van der Waals surface area contributed by atoms with Gasteiger partial charge in [0.2, 0.25) is 0 Å². The molecule has 3 fully saturated rings. The van der Waals surface area contributed by atoms with E-state index in [1.54, 1.807) is 0 Å². The second-order valence-corrected chi connectivity index (χ2v) is 6.39. The summed E-state index contributed by atoms with van der Waals surface area (Å²) in [6.07, 6.45) is 10.6. The average molecular weight is 251 g/mol. The zero-order valence-electron chi connectivity index (χ0n) is 11.4. The van der Waals surface area contributed by atoms with Crippen molar-refractivity contribution in [2.24, 2.45) is 11.8 Å². The van der Waals surface area contributed by atoms with Crippen LogP contribution in [0.1, 0.15) is 58.3 Å². The molecule has 3 atom stereocenters. The van der Waals surface area contributed by atoms with Crippen LogP contribution in [-0.2, 0) is 9.53 Å². The van der Waals surface area contributed by atoms with Gasteiger partial charge in [-0.3, -0.25) is 4.79 Å². The summed E-state index contributed by atoms with van der Waals surface area (Å²) in [4.78, 5) is 12.1. The predicted molar refractivity (Wildman–Crippen MR) is 70.2 cm³/mol. The Kier molecular flexibility index (Phi) is 3.60. The first-order chi connectivity index (χ1) is 8.75. The third-order valence-corrected chi connectivity index (χ3v) is 5.09. The fourth-order valence-corrected chi connectivity index (χ4v) is 3.62. The monoisotopic (exact) mass is 251 g/mol. The lowest BCUT2D eigenvalue weighted by atomic mass is 9.71. The summed E-state index contributed by atoms with van der Waals surface area (Å²) in [6.45, 7) is 1.98. The molecule has 102 valence electrons. The summed E-state index contributed by atoms with van der Waals surface area (Å²) in [5.41, 5.74) is 0.